The molecule has 1 rings (SSSR count). The highest BCUT2D eigenvalue weighted by atomic mass is 32.2. The Bertz CT molecular complexity index is 351. The Kier molecular flexibility index (Phi) is 8.94. The molecule has 116 valence electrons. The molecule has 0 radical (unpaired) electrons. The number of aromatic nitrogens is 3. The van der Waals surface area contributed by atoms with Crippen molar-refractivity contribution in [1.82, 2.24) is 20.1 Å². The van der Waals surface area contributed by atoms with Crippen molar-refractivity contribution in [3.8, 4) is 0 Å². The molecular weight excluding hydrogens is 268 g/mol. The summed E-state index contributed by atoms with van der Waals surface area (Å²) in [6.07, 6.45) is 5.08. The van der Waals surface area contributed by atoms with E-state index in [0.29, 0.717) is 12.0 Å². The fourth-order valence-corrected chi connectivity index (χ4v) is 3.05. The van der Waals surface area contributed by atoms with Gasteiger partial charge in [0.1, 0.15) is 12.2 Å². The lowest BCUT2D eigenvalue weighted by atomic mass is 10.2. The van der Waals surface area contributed by atoms with Crippen molar-refractivity contribution in [3.63, 3.8) is 0 Å². The van der Waals surface area contributed by atoms with E-state index in [1.54, 1.807) is 6.33 Å². The lowest BCUT2D eigenvalue weighted by molar-refractivity contribution is 0.449. The maximum absolute atomic E-state index is 4.45. The minimum atomic E-state index is 0.501. The van der Waals surface area contributed by atoms with Gasteiger partial charge in [0, 0.05) is 24.8 Å². The van der Waals surface area contributed by atoms with Crippen LogP contribution in [0.1, 0.15) is 46.4 Å². The van der Waals surface area contributed by atoms with Crippen LogP contribution in [0.2, 0.25) is 0 Å². The molecule has 0 saturated heterocycles. The molecule has 0 saturated carbocycles. The molecule has 0 aromatic carbocycles. The van der Waals surface area contributed by atoms with E-state index < -0.39 is 0 Å². The molecule has 5 heteroatoms. The third kappa shape index (κ3) is 6.75. The summed E-state index contributed by atoms with van der Waals surface area (Å²) in [6, 6.07) is 0.501. The normalized spacial score (nSPS) is 13.1. The molecule has 1 aromatic rings. The number of hydrogen-bond acceptors (Lipinski definition) is 4. The van der Waals surface area contributed by atoms with Crippen molar-refractivity contribution in [2.45, 2.75) is 59.5 Å². The second kappa shape index (κ2) is 10.2. The molecule has 20 heavy (non-hydrogen) atoms. The predicted octanol–water partition coefficient (Wildman–Crippen LogP) is 2.99. The zero-order chi connectivity index (χ0) is 14.8. The minimum Gasteiger partial charge on any atom is -0.313 e. The van der Waals surface area contributed by atoms with E-state index >= 15 is 0 Å². The van der Waals surface area contributed by atoms with E-state index in [4.69, 9.17) is 0 Å². The van der Waals surface area contributed by atoms with Gasteiger partial charge in [0.25, 0.3) is 0 Å². The topological polar surface area (TPSA) is 42.7 Å². The average molecular weight is 298 g/mol. The van der Waals surface area contributed by atoms with Crippen molar-refractivity contribution in [2.24, 2.45) is 5.92 Å². The summed E-state index contributed by atoms with van der Waals surface area (Å²) in [5.74, 6) is 4.11. The largest absolute Gasteiger partial charge is 0.313 e. The summed E-state index contributed by atoms with van der Waals surface area (Å²) in [6.45, 7) is 10.9. The van der Waals surface area contributed by atoms with Crippen LogP contribution in [0.25, 0.3) is 0 Å². The number of nitrogens with zero attached hydrogens (tertiary/aromatic N) is 3. The number of hydrogen-bond donors (Lipinski definition) is 1. The smallest absolute Gasteiger partial charge is 0.138 e. The van der Waals surface area contributed by atoms with Crippen molar-refractivity contribution < 1.29 is 0 Å². The molecule has 0 bridgehead atoms. The van der Waals surface area contributed by atoms with E-state index in [9.17, 15) is 0 Å². The van der Waals surface area contributed by atoms with Gasteiger partial charge in [-0.1, -0.05) is 27.7 Å². The van der Waals surface area contributed by atoms with Gasteiger partial charge in [0.05, 0.1) is 0 Å². The van der Waals surface area contributed by atoms with Gasteiger partial charge in [-0.2, -0.15) is 16.9 Å². The molecule has 1 heterocycles. The summed E-state index contributed by atoms with van der Waals surface area (Å²) >= 11 is 2.03. The first kappa shape index (κ1) is 17.5. The number of rotatable bonds is 11. The lowest BCUT2D eigenvalue weighted by Crippen LogP contribution is -2.35. The second-order valence-corrected chi connectivity index (χ2v) is 6.83. The Balaban J connectivity index is 2.55. The SMILES string of the molecule is CCCNC(CSCCC)Cc1ncnn1CC(C)C. The molecule has 0 aliphatic carbocycles. The highest BCUT2D eigenvalue weighted by molar-refractivity contribution is 7.99. The fraction of sp³-hybridized carbons (Fsp3) is 0.867. The van der Waals surface area contributed by atoms with Crippen LogP contribution in [0.15, 0.2) is 6.33 Å². The Morgan fingerprint density at radius 1 is 1.30 bits per heavy atom. The van der Waals surface area contributed by atoms with E-state index in [1.807, 2.05) is 11.8 Å². The molecular formula is C15H30N4S. The maximum atomic E-state index is 4.45. The third-order valence-electron chi connectivity index (χ3n) is 3.01. The Hall–Kier alpha value is -0.550. The number of thioether (sulfide) groups is 1. The molecule has 4 nitrogen and oxygen atoms in total. The van der Waals surface area contributed by atoms with E-state index in [-0.39, 0.29) is 0 Å². The monoisotopic (exact) mass is 298 g/mol. The van der Waals surface area contributed by atoms with Gasteiger partial charge in [-0.3, -0.25) is 0 Å². The van der Waals surface area contributed by atoms with E-state index in [2.05, 4.69) is 47.8 Å². The molecule has 1 aromatic heterocycles. The summed E-state index contributed by atoms with van der Waals surface area (Å²) in [4.78, 5) is 4.45. The zero-order valence-electron chi connectivity index (χ0n) is 13.4. The van der Waals surface area contributed by atoms with E-state index in [1.165, 1.54) is 18.6 Å². The molecule has 0 aliphatic rings. The number of nitrogens with one attached hydrogen (secondary N) is 1. The second-order valence-electron chi connectivity index (χ2n) is 5.68. The van der Waals surface area contributed by atoms with Crippen LogP contribution < -0.4 is 5.32 Å². The first-order valence-corrected chi connectivity index (χ1v) is 9.00. The Morgan fingerprint density at radius 2 is 2.10 bits per heavy atom. The fourth-order valence-electron chi connectivity index (χ4n) is 2.07. The highest BCUT2D eigenvalue weighted by Crippen LogP contribution is 2.10. The molecule has 0 amide bonds. The predicted molar refractivity (Wildman–Crippen MR) is 88.3 cm³/mol. The zero-order valence-corrected chi connectivity index (χ0v) is 14.2. The first-order chi connectivity index (χ1) is 9.67. The lowest BCUT2D eigenvalue weighted by Gasteiger charge is -2.18. The summed E-state index contributed by atoms with van der Waals surface area (Å²) in [7, 11) is 0. The van der Waals surface area contributed by atoms with Crippen LogP contribution in [0.3, 0.4) is 0 Å². The van der Waals surface area contributed by atoms with Crippen molar-refractivity contribution >= 4 is 11.8 Å². The van der Waals surface area contributed by atoms with Crippen LogP contribution in [-0.4, -0.2) is 38.9 Å². The average Bonchev–Trinajstić information content (AvgIpc) is 2.82. The summed E-state index contributed by atoms with van der Waals surface area (Å²) < 4.78 is 2.07. The minimum absolute atomic E-state index is 0.501. The maximum Gasteiger partial charge on any atom is 0.138 e. The van der Waals surface area contributed by atoms with Crippen LogP contribution in [-0.2, 0) is 13.0 Å². The van der Waals surface area contributed by atoms with Gasteiger partial charge in [0.2, 0.25) is 0 Å². The first-order valence-electron chi connectivity index (χ1n) is 7.85. The van der Waals surface area contributed by atoms with Crippen LogP contribution in [0.4, 0.5) is 0 Å². The van der Waals surface area contributed by atoms with Crippen LogP contribution in [0, 0.1) is 5.92 Å². The van der Waals surface area contributed by atoms with Gasteiger partial charge in [-0.05, 0) is 31.1 Å². The molecule has 1 N–H and O–H groups in total. The van der Waals surface area contributed by atoms with Crippen molar-refractivity contribution in [2.75, 3.05) is 18.1 Å². The molecule has 0 aliphatic heterocycles. The molecule has 1 unspecified atom stereocenters. The Labute approximate surface area is 128 Å². The third-order valence-corrected chi connectivity index (χ3v) is 4.35. The van der Waals surface area contributed by atoms with Gasteiger partial charge in [-0.25, -0.2) is 9.67 Å². The Morgan fingerprint density at radius 3 is 2.75 bits per heavy atom. The van der Waals surface area contributed by atoms with E-state index in [0.717, 1.165) is 31.1 Å². The van der Waals surface area contributed by atoms with Crippen molar-refractivity contribution in [3.05, 3.63) is 12.2 Å². The van der Waals surface area contributed by atoms with Gasteiger partial charge in [-0.15, -0.1) is 0 Å². The molecule has 0 spiro atoms. The summed E-state index contributed by atoms with van der Waals surface area (Å²) in [5, 5.41) is 8.00. The van der Waals surface area contributed by atoms with Crippen LogP contribution >= 0.6 is 11.8 Å². The van der Waals surface area contributed by atoms with Gasteiger partial charge in [0.15, 0.2) is 0 Å². The van der Waals surface area contributed by atoms with Crippen LogP contribution in [0.5, 0.6) is 0 Å². The summed E-state index contributed by atoms with van der Waals surface area (Å²) in [5.41, 5.74) is 0. The van der Waals surface area contributed by atoms with Crippen molar-refractivity contribution in [1.29, 1.82) is 0 Å². The van der Waals surface area contributed by atoms with Gasteiger partial charge < -0.3 is 5.32 Å². The quantitative estimate of drug-likeness (QED) is 0.638. The van der Waals surface area contributed by atoms with Gasteiger partial charge >= 0.3 is 0 Å². The standard InChI is InChI=1S/C15H30N4S/c1-5-7-16-14(11-20-8-6-2)9-15-17-12-18-19(15)10-13(3)4/h12-14,16H,5-11H2,1-4H3. The molecule has 1 atom stereocenters. The highest BCUT2D eigenvalue weighted by Gasteiger charge is 2.14. The molecule has 0 fully saturated rings.